The summed E-state index contributed by atoms with van der Waals surface area (Å²) >= 11 is 0. The molecule has 1 aliphatic rings. The van der Waals surface area contributed by atoms with Crippen LogP contribution < -0.4 is 0 Å². The molecule has 2 atom stereocenters. The molecule has 0 spiro atoms. The summed E-state index contributed by atoms with van der Waals surface area (Å²) in [6.45, 7) is 1.72. The fourth-order valence-corrected chi connectivity index (χ4v) is 2.06. The topological polar surface area (TPSA) is 33.4 Å². The summed E-state index contributed by atoms with van der Waals surface area (Å²) in [7, 11) is 0. The van der Waals surface area contributed by atoms with E-state index in [0.29, 0.717) is 5.56 Å². The third-order valence-corrected chi connectivity index (χ3v) is 2.84. The summed E-state index contributed by atoms with van der Waals surface area (Å²) in [5.41, 5.74) is 1.26. The molecule has 1 aliphatic carbocycles. The van der Waals surface area contributed by atoms with Crippen LogP contribution in [0.15, 0.2) is 10.7 Å². The van der Waals surface area contributed by atoms with Gasteiger partial charge in [-0.3, -0.25) is 0 Å². The molecule has 0 amide bonds. The van der Waals surface area contributed by atoms with Crippen molar-refractivity contribution in [2.45, 2.75) is 32.0 Å². The van der Waals surface area contributed by atoms with E-state index in [2.05, 4.69) is 0 Å². The summed E-state index contributed by atoms with van der Waals surface area (Å²) in [5.74, 6) is -1.22. The van der Waals surface area contributed by atoms with Crippen molar-refractivity contribution in [3.63, 3.8) is 0 Å². The van der Waals surface area contributed by atoms with Crippen LogP contribution in [-0.4, -0.2) is 11.3 Å². The normalized spacial score (nSPS) is 26.5. The van der Waals surface area contributed by atoms with Crippen LogP contribution in [-0.2, 0) is 6.42 Å². The molecule has 0 saturated heterocycles. The van der Waals surface area contributed by atoms with Crippen LogP contribution in [0.5, 0.6) is 0 Å². The molecule has 1 heterocycles. The van der Waals surface area contributed by atoms with E-state index in [-0.39, 0.29) is 18.6 Å². The van der Waals surface area contributed by atoms with Gasteiger partial charge in [-0.15, -0.1) is 0 Å². The lowest BCUT2D eigenvalue weighted by Gasteiger charge is -2.27. The maximum atomic E-state index is 12.5. The van der Waals surface area contributed by atoms with Gasteiger partial charge in [0.15, 0.2) is 0 Å². The van der Waals surface area contributed by atoms with Crippen molar-refractivity contribution in [2.75, 3.05) is 0 Å². The Morgan fingerprint density at radius 3 is 2.73 bits per heavy atom. The molecule has 2 nitrogen and oxygen atoms in total. The van der Waals surface area contributed by atoms with Crippen molar-refractivity contribution in [3.8, 4) is 0 Å². The molecule has 0 radical (unpaired) electrons. The molecule has 0 aliphatic heterocycles. The Morgan fingerprint density at radius 1 is 1.47 bits per heavy atom. The van der Waals surface area contributed by atoms with Crippen LogP contribution in [0.3, 0.4) is 0 Å². The van der Waals surface area contributed by atoms with Crippen LogP contribution in [0.1, 0.15) is 29.4 Å². The number of rotatable bonds is 0. The van der Waals surface area contributed by atoms with Crippen LogP contribution in [0.4, 0.5) is 13.2 Å². The van der Waals surface area contributed by atoms with E-state index < -0.39 is 18.2 Å². The Bertz CT molecular complexity index is 367. The monoisotopic (exact) mass is 220 g/mol. The number of aliphatic hydroxyl groups excluding tert-OH is 1. The average Bonchev–Trinajstić information content (AvgIpc) is 2.46. The summed E-state index contributed by atoms with van der Waals surface area (Å²) in [6, 6.07) is 0. The predicted octanol–water partition coefficient (Wildman–Crippen LogP) is 2.75. The van der Waals surface area contributed by atoms with E-state index in [4.69, 9.17) is 4.42 Å². The number of hydrogen-bond acceptors (Lipinski definition) is 2. The molecule has 1 aromatic heterocycles. The van der Waals surface area contributed by atoms with E-state index >= 15 is 0 Å². The predicted molar refractivity (Wildman–Crippen MR) is 46.3 cm³/mol. The molecule has 0 saturated carbocycles. The lowest BCUT2D eigenvalue weighted by Crippen LogP contribution is -2.30. The van der Waals surface area contributed by atoms with Crippen LogP contribution in [0.2, 0.25) is 0 Å². The maximum absolute atomic E-state index is 12.5. The minimum atomic E-state index is -4.26. The Balaban J connectivity index is 2.31. The molecule has 1 N–H and O–H groups in total. The van der Waals surface area contributed by atoms with Gasteiger partial charge in [0, 0.05) is 12.0 Å². The smallest absolute Gasteiger partial charge is 0.392 e. The number of fused-ring (bicyclic) bond motifs is 1. The molecule has 2 rings (SSSR count). The fourth-order valence-electron chi connectivity index (χ4n) is 2.06. The van der Waals surface area contributed by atoms with E-state index in [1.54, 1.807) is 6.92 Å². The zero-order valence-corrected chi connectivity index (χ0v) is 8.14. The van der Waals surface area contributed by atoms with Gasteiger partial charge in [-0.2, -0.15) is 13.2 Å². The summed E-state index contributed by atoms with van der Waals surface area (Å²) in [4.78, 5) is 0. The molecule has 0 bridgehead atoms. The number of hydrogen-bond donors (Lipinski definition) is 1. The van der Waals surface area contributed by atoms with Gasteiger partial charge in [0.1, 0.15) is 5.76 Å². The molecule has 2 unspecified atom stereocenters. The van der Waals surface area contributed by atoms with E-state index in [0.717, 1.165) is 5.56 Å². The van der Waals surface area contributed by atoms with Crippen molar-refractivity contribution in [1.82, 2.24) is 0 Å². The Kier molecular flexibility index (Phi) is 2.30. The van der Waals surface area contributed by atoms with Crippen molar-refractivity contribution in [2.24, 2.45) is 5.92 Å². The summed E-state index contributed by atoms with van der Waals surface area (Å²) < 4.78 is 42.4. The first-order chi connectivity index (χ1) is 6.89. The summed E-state index contributed by atoms with van der Waals surface area (Å²) in [6.07, 6.45) is -4.36. The zero-order valence-electron chi connectivity index (χ0n) is 8.14. The number of halogens is 3. The minimum absolute atomic E-state index is 0.163. The van der Waals surface area contributed by atoms with Crippen LogP contribution in [0.25, 0.3) is 0 Å². The highest BCUT2D eigenvalue weighted by atomic mass is 19.4. The molecular formula is C10H11F3O2. The molecule has 84 valence electrons. The quantitative estimate of drug-likeness (QED) is 0.729. The maximum Gasteiger partial charge on any atom is 0.392 e. The Labute approximate surface area is 84.7 Å². The molecule has 0 fully saturated rings. The first-order valence-electron chi connectivity index (χ1n) is 4.71. The van der Waals surface area contributed by atoms with Crippen molar-refractivity contribution >= 4 is 0 Å². The van der Waals surface area contributed by atoms with Gasteiger partial charge in [0.2, 0.25) is 0 Å². The van der Waals surface area contributed by atoms with Gasteiger partial charge in [-0.05, 0) is 18.9 Å². The largest absolute Gasteiger partial charge is 0.469 e. The molecule has 0 aromatic carbocycles. The number of aliphatic hydroxyl groups is 1. The Morgan fingerprint density at radius 2 is 2.13 bits per heavy atom. The highest BCUT2D eigenvalue weighted by molar-refractivity contribution is 5.31. The Hall–Kier alpha value is -0.970. The van der Waals surface area contributed by atoms with Gasteiger partial charge in [0.05, 0.1) is 18.3 Å². The van der Waals surface area contributed by atoms with E-state index in [9.17, 15) is 18.3 Å². The number of aryl methyl sites for hydroxylation is 1. The molecule has 1 aromatic rings. The van der Waals surface area contributed by atoms with Gasteiger partial charge < -0.3 is 9.52 Å². The third kappa shape index (κ3) is 1.76. The second-order valence-corrected chi connectivity index (χ2v) is 3.95. The van der Waals surface area contributed by atoms with Crippen molar-refractivity contribution < 1.29 is 22.7 Å². The standard InChI is InChI=1S/C10H11F3O2/c1-5-4-15-8-3-6(10(11,12)13)2-7(14)9(5)8/h4,6-7,14H,2-3H2,1H3. The van der Waals surface area contributed by atoms with Gasteiger partial charge in [-0.1, -0.05) is 0 Å². The highest BCUT2D eigenvalue weighted by Gasteiger charge is 2.45. The van der Waals surface area contributed by atoms with Gasteiger partial charge in [0.25, 0.3) is 0 Å². The summed E-state index contributed by atoms with van der Waals surface area (Å²) in [5, 5.41) is 9.60. The molecule has 5 heteroatoms. The number of alkyl halides is 3. The third-order valence-electron chi connectivity index (χ3n) is 2.84. The first-order valence-corrected chi connectivity index (χ1v) is 4.71. The first kappa shape index (κ1) is 10.5. The fraction of sp³-hybridized carbons (Fsp3) is 0.600. The highest BCUT2D eigenvalue weighted by Crippen LogP contribution is 2.42. The van der Waals surface area contributed by atoms with E-state index in [1.807, 2.05) is 0 Å². The van der Waals surface area contributed by atoms with Crippen molar-refractivity contribution in [1.29, 1.82) is 0 Å². The second kappa shape index (κ2) is 3.27. The minimum Gasteiger partial charge on any atom is -0.469 e. The lowest BCUT2D eigenvalue weighted by atomic mass is 9.84. The average molecular weight is 220 g/mol. The van der Waals surface area contributed by atoms with Crippen LogP contribution >= 0.6 is 0 Å². The second-order valence-electron chi connectivity index (χ2n) is 3.95. The lowest BCUT2D eigenvalue weighted by molar-refractivity contribution is -0.185. The van der Waals surface area contributed by atoms with Crippen molar-refractivity contribution in [3.05, 3.63) is 23.2 Å². The SMILES string of the molecule is Cc1coc2c1C(O)CC(C(F)(F)F)C2. The van der Waals surface area contributed by atoms with Gasteiger partial charge in [-0.25, -0.2) is 0 Å². The molecular weight excluding hydrogens is 209 g/mol. The zero-order chi connectivity index (χ0) is 11.2. The van der Waals surface area contributed by atoms with Gasteiger partial charge >= 0.3 is 6.18 Å². The van der Waals surface area contributed by atoms with E-state index in [1.165, 1.54) is 6.26 Å². The molecule has 15 heavy (non-hydrogen) atoms. The number of furan rings is 1. The van der Waals surface area contributed by atoms with Crippen LogP contribution in [0, 0.1) is 12.8 Å².